The van der Waals surface area contributed by atoms with Crippen LogP contribution in [-0.4, -0.2) is 57.8 Å². The van der Waals surface area contributed by atoms with Crippen LogP contribution in [0.3, 0.4) is 0 Å². The molecule has 0 aromatic heterocycles. The predicted octanol–water partition coefficient (Wildman–Crippen LogP) is 4.01. The van der Waals surface area contributed by atoms with Crippen LogP contribution in [0.25, 0.3) is 6.08 Å². The average Bonchev–Trinajstić information content (AvgIpc) is 3.30. The number of hydrogen-bond acceptors (Lipinski definition) is 5. The van der Waals surface area contributed by atoms with E-state index in [4.69, 9.17) is 14.2 Å². The second-order valence-electron chi connectivity index (χ2n) is 7.79. The van der Waals surface area contributed by atoms with E-state index >= 15 is 0 Å². The van der Waals surface area contributed by atoms with E-state index in [1.54, 1.807) is 33.5 Å². The summed E-state index contributed by atoms with van der Waals surface area (Å²) in [5, 5.41) is 3.50. The molecule has 2 aromatic carbocycles. The van der Waals surface area contributed by atoms with E-state index in [0.29, 0.717) is 41.9 Å². The Bertz CT molecular complexity index is 880. The summed E-state index contributed by atoms with van der Waals surface area (Å²) in [5.74, 6) is 1.36. The SMILES string of the molecule is COc1cc(C(=O)N(C/C(C)=C/c2ccccc2)C[C@H]2CCCN2)cc(OC)c1OC. The highest BCUT2D eigenvalue weighted by Gasteiger charge is 2.25. The van der Waals surface area contributed by atoms with Crippen LogP contribution in [0.5, 0.6) is 17.2 Å². The fourth-order valence-corrected chi connectivity index (χ4v) is 3.97. The van der Waals surface area contributed by atoms with Crippen molar-refractivity contribution >= 4 is 12.0 Å². The number of carbonyl (C=O) groups is 1. The number of amides is 1. The summed E-state index contributed by atoms with van der Waals surface area (Å²) in [6, 6.07) is 13.9. The lowest BCUT2D eigenvalue weighted by molar-refractivity contribution is 0.0756. The van der Waals surface area contributed by atoms with E-state index in [2.05, 4.69) is 30.4 Å². The van der Waals surface area contributed by atoms with E-state index < -0.39 is 0 Å². The first-order valence-corrected chi connectivity index (χ1v) is 10.6. The molecule has 1 atom stereocenters. The van der Waals surface area contributed by atoms with Gasteiger partial charge in [0.15, 0.2) is 11.5 Å². The van der Waals surface area contributed by atoms with Crippen LogP contribution < -0.4 is 19.5 Å². The Morgan fingerprint density at radius 3 is 2.32 bits per heavy atom. The van der Waals surface area contributed by atoms with E-state index in [9.17, 15) is 4.79 Å². The zero-order valence-electron chi connectivity index (χ0n) is 18.8. The van der Waals surface area contributed by atoms with E-state index in [1.165, 1.54) is 0 Å². The number of rotatable bonds is 9. The van der Waals surface area contributed by atoms with Gasteiger partial charge >= 0.3 is 0 Å². The molecule has 1 aliphatic heterocycles. The molecule has 0 bridgehead atoms. The third-order valence-electron chi connectivity index (χ3n) is 5.45. The van der Waals surface area contributed by atoms with Gasteiger partial charge in [-0.2, -0.15) is 0 Å². The van der Waals surface area contributed by atoms with Gasteiger partial charge in [0.2, 0.25) is 5.75 Å². The Morgan fingerprint density at radius 2 is 1.77 bits per heavy atom. The van der Waals surface area contributed by atoms with Crippen molar-refractivity contribution in [3.63, 3.8) is 0 Å². The van der Waals surface area contributed by atoms with Gasteiger partial charge in [-0.3, -0.25) is 4.79 Å². The Hall–Kier alpha value is -2.99. The maximum absolute atomic E-state index is 13.6. The number of ether oxygens (including phenoxy) is 3. The molecule has 1 heterocycles. The molecule has 1 N–H and O–H groups in total. The summed E-state index contributed by atoms with van der Waals surface area (Å²) in [5.41, 5.74) is 2.75. The normalized spacial score (nSPS) is 16.1. The molecular weight excluding hydrogens is 392 g/mol. The van der Waals surface area contributed by atoms with Crippen LogP contribution in [0, 0.1) is 0 Å². The summed E-state index contributed by atoms with van der Waals surface area (Å²) in [4.78, 5) is 15.5. The van der Waals surface area contributed by atoms with Crippen molar-refractivity contribution in [3.05, 3.63) is 59.2 Å². The third kappa shape index (κ3) is 5.79. The number of hydrogen-bond donors (Lipinski definition) is 1. The van der Waals surface area contributed by atoms with Gasteiger partial charge in [0.25, 0.3) is 5.91 Å². The van der Waals surface area contributed by atoms with E-state index in [0.717, 1.165) is 30.5 Å². The molecule has 0 spiro atoms. The summed E-state index contributed by atoms with van der Waals surface area (Å²) in [6.45, 7) is 4.25. The lowest BCUT2D eigenvalue weighted by atomic mass is 10.1. The minimum absolute atomic E-state index is 0.0613. The molecule has 3 rings (SSSR count). The Balaban J connectivity index is 1.89. The van der Waals surface area contributed by atoms with Gasteiger partial charge in [-0.15, -0.1) is 0 Å². The third-order valence-corrected chi connectivity index (χ3v) is 5.45. The Morgan fingerprint density at radius 1 is 1.10 bits per heavy atom. The van der Waals surface area contributed by atoms with E-state index in [-0.39, 0.29) is 5.91 Å². The molecule has 0 saturated carbocycles. The minimum atomic E-state index is -0.0613. The molecule has 1 saturated heterocycles. The first-order chi connectivity index (χ1) is 15.0. The molecule has 0 unspecified atom stereocenters. The van der Waals surface area contributed by atoms with Crippen molar-refractivity contribution in [3.8, 4) is 17.2 Å². The van der Waals surface area contributed by atoms with Gasteiger partial charge in [0, 0.05) is 24.7 Å². The highest BCUT2D eigenvalue weighted by molar-refractivity contribution is 5.96. The summed E-state index contributed by atoms with van der Waals surface area (Å²) < 4.78 is 16.3. The molecule has 1 aliphatic rings. The lowest BCUT2D eigenvalue weighted by Gasteiger charge is -2.27. The highest BCUT2D eigenvalue weighted by atomic mass is 16.5. The lowest BCUT2D eigenvalue weighted by Crippen LogP contribution is -2.42. The molecule has 6 heteroatoms. The number of nitrogens with one attached hydrogen (secondary N) is 1. The number of carbonyl (C=O) groups excluding carboxylic acids is 1. The maximum Gasteiger partial charge on any atom is 0.254 e. The van der Waals surface area contributed by atoms with Crippen LogP contribution in [0.2, 0.25) is 0 Å². The van der Waals surface area contributed by atoms with E-state index in [1.807, 2.05) is 23.1 Å². The monoisotopic (exact) mass is 424 g/mol. The van der Waals surface area contributed by atoms with Crippen LogP contribution in [0.4, 0.5) is 0 Å². The fraction of sp³-hybridized carbons (Fsp3) is 0.400. The molecule has 6 nitrogen and oxygen atoms in total. The van der Waals surface area contributed by atoms with Gasteiger partial charge in [0.1, 0.15) is 0 Å². The smallest absolute Gasteiger partial charge is 0.254 e. The second-order valence-corrected chi connectivity index (χ2v) is 7.79. The standard InChI is InChI=1S/C25H32N2O4/c1-18(13-19-9-6-5-7-10-19)16-27(17-21-11-8-12-26-21)25(28)20-14-22(29-2)24(31-4)23(15-20)30-3/h5-7,9-10,13-15,21,26H,8,11-12,16-17H2,1-4H3/b18-13+/t21-/m1/s1. The molecule has 2 aromatic rings. The van der Waals surface area contributed by atoms with Crippen molar-refractivity contribution in [1.29, 1.82) is 0 Å². The van der Waals surface area contributed by atoms with Gasteiger partial charge in [0.05, 0.1) is 21.3 Å². The largest absolute Gasteiger partial charge is 0.493 e. The quantitative estimate of drug-likeness (QED) is 0.659. The van der Waals surface area contributed by atoms with Gasteiger partial charge < -0.3 is 24.4 Å². The maximum atomic E-state index is 13.6. The molecule has 1 amide bonds. The van der Waals surface area contributed by atoms with Gasteiger partial charge in [-0.05, 0) is 44.0 Å². The summed E-state index contributed by atoms with van der Waals surface area (Å²) in [7, 11) is 4.66. The molecule has 31 heavy (non-hydrogen) atoms. The van der Waals surface area contributed by atoms with Crippen molar-refractivity contribution in [2.24, 2.45) is 0 Å². The van der Waals surface area contributed by atoms with Crippen LogP contribution in [0.1, 0.15) is 35.7 Å². The second kappa shape index (κ2) is 10.9. The number of methoxy groups -OCH3 is 3. The average molecular weight is 425 g/mol. The van der Waals surface area contributed by atoms with Crippen molar-refractivity contribution in [2.45, 2.75) is 25.8 Å². The molecule has 0 radical (unpaired) electrons. The van der Waals surface area contributed by atoms with Gasteiger partial charge in [-0.1, -0.05) is 42.0 Å². The van der Waals surface area contributed by atoms with Crippen LogP contribution in [-0.2, 0) is 0 Å². The van der Waals surface area contributed by atoms with Crippen molar-refractivity contribution in [2.75, 3.05) is 41.0 Å². The Kier molecular flexibility index (Phi) is 7.95. The fourth-order valence-electron chi connectivity index (χ4n) is 3.97. The molecule has 0 aliphatic carbocycles. The first-order valence-electron chi connectivity index (χ1n) is 10.6. The number of benzene rings is 2. The van der Waals surface area contributed by atoms with Crippen molar-refractivity contribution in [1.82, 2.24) is 10.2 Å². The Labute approximate surface area is 184 Å². The zero-order valence-corrected chi connectivity index (χ0v) is 18.8. The summed E-state index contributed by atoms with van der Waals surface area (Å²) in [6.07, 6.45) is 4.33. The predicted molar refractivity (Wildman–Crippen MR) is 123 cm³/mol. The van der Waals surface area contributed by atoms with Gasteiger partial charge in [-0.25, -0.2) is 0 Å². The molecule has 1 fully saturated rings. The molecule has 166 valence electrons. The topological polar surface area (TPSA) is 60.0 Å². The van der Waals surface area contributed by atoms with Crippen molar-refractivity contribution < 1.29 is 19.0 Å². The van der Waals surface area contributed by atoms with Crippen LogP contribution >= 0.6 is 0 Å². The summed E-state index contributed by atoms with van der Waals surface area (Å²) >= 11 is 0. The van der Waals surface area contributed by atoms with Crippen LogP contribution in [0.15, 0.2) is 48.0 Å². The zero-order chi connectivity index (χ0) is 22.2. The first kappa shape index (κ1) is 22.7. The number of nitrogens with zero attached hydrogens (tertiary/aromatic N) is 1. The minimum Gasteiger partial charge on any atom is -0.493 e. The highest BCUT2D eigenvalue weighted by Crippen LogP contribution is 2.38. The molecular formula is C25H32N2O4.